The zero-order valence-electron chi connectivity index (χ0n) is 14.4. The standard InChI is InChI=1S/C18H29NO2S/c1-13(2)22(20,21)19-17-8-6-7-16(17)14-9-11-15(12-10-14)18(3,4)5/h9-13,16-17,19H,6-8H2,1-5H3/t16-,17+/m1/s1. The van der Waals surface area contributed by atoms with Gasteiger partial charge in [0, 0.05) is 12.0 Å². The Bertz CT molecular complexity index is 597. The SMILES string of the molecule is CC(C)S(=O)(=O)N[C@H]1CCC[C@@H]1c1ccc(C(C)(C)C)cc1. The van der Waals surface area contributed by atoms with Crippen LogP contribution in [-0.2, 0) is 15.4 Å². The first-order chi connectivity index (χ1) is 10.1. The second-order valence-corrected chi connectivity index (χ2v) is 10.00. The fourth-order valence-corrected chi connectivity index (χ4v) is 4.05. The van der Waals surface area contributed by atoms with Crippen LogP contribution in [0.3, 0.4) is 0 Å². The average molecular weight is 324 g/mol. The number of nitrogens with one attached hydrogen (secondary N) is 1. The maximum atomic E-state index is 12.1. The van der Waals surface area contributed by atoms with Gasteiger partial charge in [0.1, 0.15) is 0 Å². The summed E-state index contributed by atoms with van der Waals surface area (Å²) in [6.45, 7) is 10.1. The molecule has 4 heteroatoms. The maximum absolute atomic E-state index is 12.1. The van der Waals surface area contributed by atoms with Crippen LogP contribution in [0.25, 0.3) is 0 Å². The van der Waals surface area contributed by atoms with E-state index in [-0.39, 0.29) is 16.7 Å². The van der Waals surface area contributed by atoms with Crippen LogP contribution in [0.5, 0.6) is 0 Å². The molecule has 0 aromatic heterocycles. The zero-order chi connectivity index (χ0) is 16.5. The molecule has 1 aromatic rings. The number of rotatable bonds is 4. The molecule has 1 N–H and O–H groups in total. The Labute approximate surface area is 135 Å². The van der Waals surface area contributed by atoms with Gasteiger partial charge < -0.3 is 0 Å². The first-order valence-electron chi connectivity index (χ1n) is 8.23. The summed E-state index contributed by atoms with van der Waals surface area (Å²) < 4.78 is 27.2. The summed E-state index contributed by atoms with van der Waals surface area (Å²) in [4.78, 5) is 0. The summed E-state index contributed by atoms with van der Waals surface area (Å²) in [7, 11) is -3.20. The Kier molecular flexibility index (Phi) is 5.03. The van der Waals surface area contributed by atoms with Gasteiger partial charge in [-0.25, -0.2) is 13.1 Å². The van der Waals surface area contributed by atoms with E-state index < -0.39 is 10.0 Å². The summed E-state index contributed by atoms with van der Waals surface area (Å²) in [6.07, 6.45) is 3.06. The molecule has 1 aromatic carbocycles. The van der Waals surface area contributed by atoms with Gasteiger partial charge in [-0.1, -0.05) is 51.5 Å². The molecule has 1 saturated carbocycles. The molecular weight excluding hydrogens is 294 g/mol. The van der Waals surface area contributed by atoms with Gasteiger partial charge in [0.2, 0.25) is 10.0 Å². The third kappa shape index (κ3) is 3.90. The first kappa shape index (κ1) is 17.5. The number of benzene rings is 1. The van der Waals surface area contributed by atoms with Crippen molar-refractivity contribution in [2.24, 2.45) is 0 Å². The Morgan fingerprint density at radius 1 is 1.09 bits per heavy atom. The smallest absolute Gasteiger partial charge is 0.212 e. The van der Waals surface area contributed by atoms with E-state index in [9.17, 15) is 8.42 Å². The van der Waals surface area contributed by atoms with Gasteiger partial charge in [0.15, 0.2) is 0 Å². The molecule has 0 aliphatic heterocycles. The molecule has 2 rings (SSSR count). The maximum Gasteiger partial charge on any atom is 0.214 e. The van der Waals surface area contributed by atoms with E-state index >= 15 is 0 Å². The van der Waals surface area contributed by atoms with E-state index in [1.54, 1.807) is 13.8 Å². The van der Waals surface area contributed by atoms with E-state index in [1.165, 1.54) is 11.1 Å². The summed E-state index contributed by atoms with van der Waals surface area (Å²) in [5.41, 5.74) is 2.71. The minimum atomic E-state index is -3.20. The molecule has 0 amide bonds. The third-order valence-electron chi connectivity index (χ3n) is 4.66. The van der Waals surface area contributed by atoms with Crippen molar-refractivity contribution in [1.29, 1.82) is 0 Å². The Hall–Kier alpha value is -0.870. The molecule has 3 nitrogen and oxygen atoms in total. The lowest BCUT2D eigenvalue weighted by Gasteiger charge is -2.24. The van der Waals surface area contributed by atoms with Gasteiger partial charge >= 0.3 is 0 Å². The zero-order valence-corrected chi connectivity index (χ0v) is 15.2. The minimum Gasteiger partial charge on any atom is -0.212 e. The molecule has 124 valence electrons. The Balaban J connectivity index is 2.17. The van der Waals surface area contributed by atoms with Crippen LogP contribution < -0.4 is 4.72 Å². The van der Waals surface area contributed by atoms with Crippen molar-refractivity contribution in [2.75, 3.05) is 0 Å². The molecule has 22 heavy (non-hydrogen) atoms. The van der Waals surface area contributed by atoms with Crippen molar-refractivity contribution < 1.29 is 8.42 Å². The molecule has 1 aliphatic carbocycles. The second kappa shape index (κ2) is 6.32. The predicted octanol–water partition coefficient (Wildman–Crippen LogP) is 3.95. The predicted molar refractivity (Wildman–Crippen MR) is 92.7 cm³/mol. The molecule has 2 atom stereocenters. The normalized spacial score (nSPS) is 23.2. The highest BCUT2D eigenvalue weighted by Crippen LogP contribution is 2.36. The fourth-order valence-electron chi connectivity index (χ4n) is 3.08. The minimum absolute atomic E-state index is 0.0351. The topological polar surface area (TPSA) is 46.2 Å². The molecule has 0 spiro atoms. The van der Waals surface area contributed by atoms with Crippen LogP contribution in [0, 0.1) is 0 Å². The van der Waals surface area contributed by atoms with E-state index in [2.05, 4.69) is 49.8 Å². The average Bonchev–Trinajstić information content (AvgIpc) is 2.85. The number of sulfonamides is 1. The van der Waals surface area contributed by atoms with Gasteiger partial charge in [0.05, 0.1) is 5.25 Å². The van der Waals surface area contributed by atoms with Crippen molar-refractivity contribution in [1.82, 2.24) is 4.72 Å². The highest BCUT2D eigenvalue weighted by molar-refractivity contribution is 7.90. The van der Waals surface area contributed by atoms with Crippen LogP contribution in [0.2, 0.25) is 0 Å². The van der Waals surface area contributed by atoms with Gasteiger partial charge in [0.25, 0.3) is 0 Å². The Morgan fingerprint density at radius 3 is 2.18 bits per heavy atom. The van der Waals surface area contributed by atoms with Crippen molar-refractivity contribution in [3.8, 4) is 0 Å². The van der Waals surface area contributed by atoms with E-state index in [1.807, 2.05) is 0 Å². The van der Waals surface area contributed by atoms with Crippen molar-refractivity contribution in [3.05, 3.63) is 35.4 Å². The fraction of sp³-hybridized carbons (Fsp3) is 0.667. The van der Waals surface area contributed by atoms with Crippen LogP contribution in [0.1, 0.15) is 70.9 Å². The quantitative estimate of drug-likeness (QED) is 0.912. The molecule has 1 aliphatic rings. The van der Waals surface area contributed by atoms with Gasteiger partial charge in [-0.15, -0.1) is 0 Å². The number of hydrogen-bond donors (Lipinski definition) is 1. The van der Waals surface area contributed by atoms with E-state index in [0.717, 1.165) is 19.3 Å². The molecule has 0 radical (unpaired) electrons. The molecule has 0 bridgehead atoms. The summed E-state index contributed by atoms with van der Waals surface area (Å²) >= 11 is 0. The third-order valence-corrected chi connectivity index (χ3v) is 6.53. The summed E-state index contributed by atoms with van der Waals surface area (Å²) in [5, 5.41) is -0.378. The van der Waals surface area contributed by atoms with Crippen LogP contribution in [0.4, 0.5) is 0 Å². The molecule has 0 unspecified atom stereocenters. The lowest BCUT2D eigenvalue weighted by Crippen LogP contribution is -2.40. The van der Waals surface area contributed by atoms with Crippen molar-refractivity contribution in [2.45, 2.75) is 76.5 Å². The molecule has 1 fully saturated rings. The molecule has 0 saturated heterocycles. The van der Waals surface area contributed by atoms with Gasteiger partial charge in [-0.2, -0.15) is 0 Å². The van der Waals surface area contributed by atoms with Crippen LogP contribution in [0.15, 0.2) is 24.3 Å². The van der Waals surface area contributed by atoms with Crippen molar-refractivity contribution >= 4 is 10.0 Å². The lowest BCUT2D eigenvalue weighted by molar-refractivity contribution is 0.519. The molecule has 0 heterocycles. The first-order valence-corrected chi connectivity index (χ1v) is 9.77. The number of hydrogen-bond acceptors (Lipinski definition) is 2. The summed E-state index contributed by atoms with van der Waals surface area (Å²) in [5.74, 6) is 0.294. The lowest BCUT2D eigenvalue weighted by atomic mass is 9.85. The van der Waals surface area contributed by atoms with Gasteiger partial charge in [-0.3, -0.25) is 0 Å². The highest BCUT2D eigenvalue weighted by Gasteiger charge is 2.32. The highest BCUT2D eigenvalue weighted by atomic mass is 32.2. The monoisotopic (exact) mass is 323 g/mol. The van der Waals surface area contributed by atoms with Crippen LogP contribution in [-0.4, -0.2) is 19.7 Å². The van der Waals surface area contributed by atoms with Crippen molar-refractivity contribution in [3.63, 3.8) is 0 Å². The summed E-state index contributed by atoms with van der Waals surface area (Å²) in [6, 6.07) is 8.75. The van der Waals surface area contributed by atoms with E-state index in [0.29, 0.717) is 5.92 Å². The molecular formula is C18H29NO2S. The van der Waals surface area contributed by atoms with Crippen LogP contribution >= 0.6 is 0 Å². The second-order valence-electron chi connectivity index (χ2n) is 7.73. The largest absolute Gasteiger partial charge is 0.214 e. The Morgan fingerprint density at radius 2 is 1.68 bits per heavy atom. The van der Waals surface area contributed by atoms with E-state index in [4.69, 9.17) is 0 Å². The van der Waals surface area contributed by atoms with Gasteiger partial charge in [-0.05, 0) is 43.2 Å².